The number of sulfone groups is 1. The highest BCUT2D eigenvalue weighted by Gasteiger charge is 2.49. The minimum absolute atomic E-state index is 0.0569. The fourth-order valence-electron chi connectivity index (χ4n) is 3.56. The monoisotopic (exact) mass is 366 g/mol. The molecule has 0 saturated carbocycles. The van der Waals surface area contributed by atoms with E-state index in [1.807, 2.05) is 25.7 Å². The topological polar surface area (TPSA) is 66.8 Å². The lowest BCUT2D eigenvalue weighted by Gasteiger charge is -2.28. The van der Waals surface area contributed by atoms with E-state index in [0.29, 0.717) is 11.6 Å². The average Bonchev–Trinajstić information content (AvgIpc) is 2.90. The van der Waals surface area contributed by atoms with Crippen LogP contribution in [0.3, 0.4) is 0 Å². The van der Waals surface area contributed by atoms with Gasteiger partial charge in [0, 0.05) is 17.4 Å². The number of hydrogen-bond acceptors (Lipinski definition) is 4. The summed E-state index contributed by atoms with van der Waals surface area (Å²) in [6, 6.07) is 4.02. The van der Waals surface area contributed by atoms with Crippen LogP contribution < -0.4 is 4.90 Å². The summed E-state index contributed by atoms with van der Waals surface area (Å²) in [4.78, 5) is 18.1. The molecular formula is C17H22N2O3S2. The Labute approximate surface area is 147 Å². The molecule has 2 saturated heterocycles. The van der Waals surface area contributed by atoms with E-state index in [9.17, 15) is 13.2 Å². The summed E-state index contributed by atoms with van der Waals surface area (Å²) in [5.41, 5.74) is 4.31. The number of nitrogens with zero attached hydrogens (tertiary/aromatic N) is 2. The van der Waals surface area contributed by atoms with Crippen molar-refractivity contribution < 1.29 is 13.2 Å². The first-order valence-corrected chi connectivity index (χ1v) is 10.8. The van der Waals surface area contributed by atoms with Crippen LogP contribution in [0, 0.1) is 20.8 Å². The number of carbonyl (C=O) groups is 1. The van der Waals surface area contributed by atoms with Gasteiger partial charge in [0.2, 0.25) is 5.91 Å². The number of aryl methyl sites for hydroxylation is 3. The summed E-state index contributed by atoms with van der Waals surface area (Å²) in [7, 11) is -3.04. The van der Waals surface area contributed by atoms with Gasteiger partial charge in [-0.05, 0) is 31.9 Å². The van der Waals surface area contributed by atoms with E-state index in [4.69, 9.17) is 0 Å². The van der Waals surface area contributed by atoms with Crippen molar-refractivity contribution in [2.75, 3.05) is 16.4 Å². The average molecular weight is 367 g/mol. The second-order valence-corrected chi connectivity index (χ2v) is 9.92. The van der Waals surface area contributed by atoms with Gasteiger partial charge in [0.1, 0.15) is 0 Å². The van der Waals surface area contributed by atoms with E-state index in [0.717, 1.165) is 16.8 Å². The molecule has 0 radical (unpaired) electrons. The van der Waals surface area contributed by atoms with Crippen molar-refractivity contribution >= 4 is 38.4 Å². The van der Waals surface area contributed by atoms with Crippen LogP contribution in [-0.2, 0) is 14.6 Å². The van der Waals surface area contributed by atoms with E-state index in [2.05, 4.69) is 17.1 Å². The third kappa shape index (κ3) is 3.11. The maximum Gasteiger partial charge on any atom is 0.247 e. The number of benzene rings is 1. The standard InChI is InChI=1S/C17H22N2O3S2/c1-5-15(20)18-17-19(13-8-24(21,22)9-14(13)23-17)16-11(3)6-10(2)7-12(16)4/h6-7,13-14H,5,8-9H2,1-4H3. The van der Waals surface area contributed by atoms with Crippen LogP contribution in [0.1, 0.15) is 30.0 Å². The van der Waals surface area contributed by atoms with Gasteiger partial charge in [-0.1, -0.05) is 36.4 Å². The predicted molar refractivity (Wildman–Crippen MR) is 99.7 cm³/mol. The molecule has 2 aliphatic heterocycles. The highest BCUT2D eigenvalue weighted by atomic mass is 32.2. The van der Waals surface area contributed by atoms with E-state index >= 15 is 0 Å². The van der Waals surface area contributed by atoms with Gasteiger partial charge in [0.25, 0.3) is 0 Å². The number of thioether (sulfide) groups is 1. The number of aliphatic imine (C=N–C) groups is 1. The van der Waals surface area contributed by atoms with Crippen molar-refractivity contribution in [3.8, 4) is 0 Å². The van der Waals surface area contributed by atoms with Gasteiger partial charge in [-0.25, -0.2) is 8.42 Å². The Bertz CT molecular complexity index is 807. The number of fused-ring (bicyclic) bond motifs is 1. The van der Waals surface area contributed by atoms with Gasteiger partial charge in [-0.3, -0.25) is 4.79 Å². The van der Waals surface area contributed by atoms with Gasteiger partial charge >= 0.3 is 0 Å². The summed E-state index contributed by atoms with van der Waals surface area (Å²) in [5, 5.41) is 0.584. The highest BCUT2D eigenvalue weighted by molar-refractivity contribution is 8.16. The Morgan fingerprint density at radius 1 is 1.25 bits per heavy atom. The first-order chi connectivity index (χ1) is 11.2. The molecule has 7 heteroatoms. The number of hydrogen-bond donors (Lipinski definition) is 0. The van der Waals surface area contributed by atoms with Crippen molar-refractivity contribution in [3.05, 3.63) is 28.8 Å². The molecule has 0 aliphatic carbocycles. The maximum atomic E-state index is 12.1. The lowest BCUT2D eigenvalue weighted by molar-refractivity contribution is -0.117. The van der Waals surface area contributed by atoms with E-state index in [1.165, 1.54) is 17.3 Å². The van der Waals surface area contributed by atoms with Crippen LogP contribution in [0.4, 0.5) is 5.69 Å². The molecule has 2 atom stereocenters. The zero-order valence-electron chi connectivity index (χ0n) is 14.4. The fraction of sp³-hybridized carbons (Fsp3) is 0.529. The fourth-order valence-corrected chi connectivity index (χ4v) is 7.48. The lowest BCUT2D eigenvalue weighted by atomic mass is 10.0. The minimum Gasteiger partial charge on any atom is -0.315 e. The van der Waals surface area contributed by atoms with E-state index in [1.54, 1.807) is 6.92 Å². The van der Waals surface area contributed by atoms with Crippen molar-refractivity contribution in [2.24, 2.45) is 4.99 Å². The molecule has 1 amide bonds. The lowest BCUT2D eigenvalue weighted by Crippen LogP contribution is -2.38. The van der Waals surface area contributed by atoms with Gasteiger partial charge < -0.3 is 4.90 Å². The predicted octanol–water partition coefficient (Wildman–Crippen LogP) is 2.62. The first-order valence-electron chi connectivity index (χ1n) is 8.07. The Hall–Kier alpha value is -1.34. The molecule has 2 fully saturated rings. The molecule has 130 valence electrons. The van der Waals surface area contributed by atoms with Gasteiger partial charge in [-0.2, -0.15) is 4.99 Å². The molecule has 3 rings (SSSR count). The largest absolute Gasteiger partial charge is 0.315 e. The SMILES string of the molecule is CCC(=O)N=C1SC2CS(=O)(=O)CC2N1c1c(C)cc(C)cc1C. The molecule has 5 nitrogen and oxygen atoms in total. The van der Waals surface area contributed by atoms with Gasteiger partial charge in [0.05, 0.1) is 17.5 Å². The van der Waals surface area contributed by atoms with Crippen LogP contribution in [0.5, 0.6) is 0 Å². The molecular weight excluding hydrogens is 344 g/mol. The molecule has 2 heterocycles. The van der Waals surface area contributed by atoms with E-state index in [-0.39, 0.29) is 28.7 Å². The molecule has 0 N–H and O–H groups in total. The van der Waals surface area contributed by atoms with Crippen molar-refractivity contribution in [3.63, 3.8) is 0 Å². The number of rotatable bonds is 2. The quantitative estimate of drug-likeness (QED) is 0.805. The number of anilines is 1. The molecule has 1 aromatic rings. The molecule has 0 aromatic heterocycles. The number of amides is 1. The normalized spacial score (nSPS) is 26.8. The first kappa shape index (κ1) is 17.5. The second-order valence-electron chi connectivity index (χ2n) is 6.56. The number of amidine groups is 1. The summed E-state index contributed by atoms with van der Waals surface area (Å²) in [6.07, 6.45) is 0.345. The van der Waals surface area contributed by atoms with Crippen LogP contribution in [-0.4, -0.2) is 42.3 Å². The smallest absolute Gasteiger partial charge is 0.247 e. The molecule has 0 bridgehead atoms. The minimum atomic E-state index is -3.04. The third-order valence-corrected chi connectivity index (χ3v) is 7.68. The van der Waals surface area contributed by atoms with Crippen molar-refractivity contribution in [1.82, 2.24) is 0 Å². The summed E-state index contributed by atoms with van der Waals surface area (Å²) in [5.74, 6) is 0.103. The third-order valence-electron chi connectivity index (χ3n) is 4.47. The van der Waals surface area contributed by atoms with Crippen molar-refractivity contribution in [1.29, 1.82) is 0 Å². The molecule has 24 heavy (non-hydrogen) atoms. The molecule has 0 spiro atoms. The van der Waals surface area contributed by atoms with Gasteiger partial charge in [0.15, 0.2) is 15.0 Å². The highest BCUT2D eigenvalue weighted by Crippen LogP contribution is 2.43. The zero-order valence-corrected chi connectivity index (χ0v) is 16.0. The Balaban J connectivity index is 2.12. The van der Waals surface area contributed by atoms with Crippen LogP contribution in [0.2, 0.25) is 0 Å². The van der Waals surface area contributed by atoms with E-state index < -0.39 is 9.84 Å². The number of carbonyl (C=O) groups excluding carboxylic acids is 1. The summed E-state index contributed by atoms with van der Waals surface area (Å²) < 4.78 is 24.2. The van der Waals surface area contributed by atoms with Crippen LogP contribution in [0.15, 0.2) is 17.1 Å². The zero-order chi connectivity index (χ0) is 17.6. The Morgan fingerprint density at radius 3 is 2.46 bits per heavy atom. The van der Waals surface area contributed by atoms with Gasteiger partial charge in [-0.15, -0.1) is 0 Å². The molecule has 1 aromatic carbocycles. The summed E-state index contributed by atoms with van der Waals surface area (Å²) >= 11 is 1.43. The van der Waals surface area contributed by atoms with Crippen LogP contribution >= 0.6 is 11.8 Å². The molecule has 2 unspecified atom stereocenters. The maximum absolute atomic E-state index is 12.1. The second kappa shape index (κ2) is 6.19. The Kier molecular flexibility index (Phi) is 4.51. The van der Waals surface area contributed by atoms with Crippen molar-refractivity contribution in [2.45, 2.75) is 45.4 Å². The van der Waals surface area contributed by atoms with Crippen LogP contribution in [0.25, 0.3) is 0 Å². The Morgan fingerprint density at radius 2 is 1.88 bits per heavy atom. The summed E-state index contributed by atoms with van der Waals surface area (Å²) in [6.45, 7) is 7.87. The molecule has 2 aliphatic rings.